The highest BCUT2D eigenvalue weighted by atomic mass is 35.5. The Morgan fingerprint density at radius 3 is 2.78 bits per heavy atom. The van der Waals surface area contributed by atoms with Gasteiger partial charge in [0.1, 0.15) is 5.82 Å². The second-order valence-corrected chi connectivity index (χ2v) is 5.98. The zero-order valence-electron chi connectivity index (χ0n) is 12.6. The van der Waals surface area contributed by atoms with Crippen molar-refractivity contribution in [1.82, 2.24) is 4.90 Å². The van der Waals surface area contributed by atoms with Gasteiger partial charge in [0.2, 0.25) is 0 Å². The summed E-state index contributed by atoms with van der Waals surface area (Å²) in [6, 6.07) is 10.4. The first kappa shape index (κ1) is 15.7. The topological polar surface area (TPSA) is 32.5 Å². The highest BCUT2D eigenvalue weighted by Crippen LogP contribution is 2.28. The molecule has 0 aromatic heterocycles. The number of hydrogen-bond acceptors (Lipinski definition) is 3. The van der Waals surface area contributed by atoms with E-state index in [1.807, 2.05) is 12.1 Å². The summed E-state index contributed by atoms with van der Waals surface area (Å²) in [6.45, 7) is 2.79. The number of hydrogen-bond donors (Lipinski definition) is 1. The van der Waals surface area contributed by atoms with E-state index in [-0.39, 0.29) is 5.82 Å². The maximum absolute atomic E-state index is 13.9. The molecule has 1 heterocycles. The van der Waals surface area contributed by atoms with E-state index >= 15 is 0 Å². The number of halogens is 2. The van der Waals surface area contributed by atoms with Gasteiger partial charge in [0, 0.05) is 35.8 Å². The summed E-state index contributed by atoms with van der Waals surface area (Å²) in [5.74, 6) is 2.30. The Labute approximate surface area is 140 Å². The van der Waals surface area contributed by atoms with Gasteiger partial charge < -0.3 is 10.6 Å². The minimum absolute atomic E-state index is 0.270. The van der Waals surface area contributed by atoms with Crippen LogP contribution in [0.4, 0.5) is 15.8 Å². The Balaban J connectivity index is 1.73. The van der Waals surface area contributed by atoms with E-state index in [1.54, 1.807) is 18.2 Å². The van der Waals surface area contributed by atoms with Crippen molar-refractivity contribution in [1.29, 1.82) is 0 Å². The van der Waals surface area contributed by atoms with Crippen LogP contribution in [0, 0.1) is 18.2 Å². The molecule has 0 aliphatic carbocycles. The van der Waals surface area contributed by atoms with Gasteiger partial charge >= 0.3 is 0 Å². The molecule has 0 radical (unpaired) electrons. The van der Waals surface area contributed by atoms with E-state index in [4.69, 9.17) is 23.8 Å². The first-order valence-corrected chi connectivity index (χ1v) is 7.72. The molecule has 3 rings (SSSR count). The molecule has 0 amide bonds. The number of anilines is 2. The summed E-state index contributed by atoms with van der Waals surface area (Å²) in [5.41, 5.74) is 8.99. The lowest BCUT2D eigenvalue weighted by molar-refractivity contribution is 0.328. The highest BCUT2D eigenvalue weighted by molar-refractivity contribution is 6.31. The molecule has 0 unspecified atom stereocenters. The van der Waals surface area contributed by atoms with Crippen LogP contribution in [0.3, 0.4) is 0 Å². The first-order chi connectivity index (χ1) is 11.1. The van der Waals surface area contributed by atoms with Crippen LogP contribution >= 0.6 is 11.6 Å². The Hall–Kier alpha value is -2.22. The van der Waals surface area contributed by atoms with Crippen molar-refractivity contribution in [2.75, 3.05) is 30.4 Å². The standard InChI is InChI=1S/C18H17ClFN3/c1-2-13-6-7-18(17(21)10-13)23-9-8-22(12-23)11-14-15(19)4-3-5-16(14)20/h1,3-7,10H,8-9,11-12,21H2. The Morgan fingerprint density at radius 1 is 1.26 bits per heavy atom. The second-order valence-electron chi connectivity index (χ2n) is 5.58. The quantitative estimate of drug-likeness (QED) is 0.692. The summed E-state index contributed by atoms with van der Waals surface area (Å²) in [5, 5.41) is 0.460. The first-order valence-electron chi connectivity index (χ1n) is 7.35. The molecule has 0 spiro atoms. The third kappa shape index (κ3) is 3.26. The zero-order valence-corrected chi connectivity index (χ0v) is 13.4. The van der Waals surface area contributed by atoms with Gasteiger partial charge in [-0.3, -0.25) is 4.90 Å². The molecule has 2 aromatic carbocycles. The molecule has 2 N–H and O–H groups in total. The molecule has 2 aromatic rings. The van der Waals surface area contributed by atoms with Gasteiger partial charge in [0.05, 0.1) is 18.0 Å². The minimum Gasteiger partial charge on any atom is -0.397 e. The van der Waals surface area contributed by atoms with E-state index in [1.165, 1.54) is 6.07 Å². The Kier molecular flexibility index (Phi) is 4.42. The second kappa shape index (κ2) is 6.49. The van der Waals surface area contributed by atoms with Crippen LogP contribution in [0.2, 0.25) is 5.02 Å². The Morgan fingerprint density at radius 2 is 2.09 bits per heavy atom. The predicted octanol–water partition coefficient (Wildman–Crippen LogP) is 3.32. The minimum atomic E-state index is -0.270. The van der Waals surface area contributed by atoms with E-state index in [9.17, 15) is 4.39 Å². The van der Waals surface area contributed by atoms with Gasteiger partial charge in [0.25, 0.3) is 0 Å². The van der Waals surface area contributed by atoms with Gasteiger partial charge in [-0.1, -0.05) is 23.6 Å². The molecule has 3 nitrogen and oxygen atoms in total. The maximum atomic E-state index is 13.9. The fourth-order valence-corrected chi connectivity index (χ4v) is 3.03. The van der Waals surface area contributed by atoms with Gasteiger partial charge in [0.15, 0.2) is 0 Å². The normalized spacial score (nSPS) is 14.9. The molecular formula is C18H17ClFN3. The monoisotopic (exact) mass is 329 g/mol. The summed E-state index contributed by atoms with van der Waals surface area (Å²) in [6.07, 6.45) is 5.38. The lowest BCUT2D eigenvalue weighted by Crippen LogP contribution is -2.26. The number of nitrogens with zero attached hydrogens (tertiary/aromatic N) is 2. The van der Waals surface area contributed by atoms with Crippen molar-refractivity contribution < 1.29 is 4.39 Å². The van der Waals surface area contributed by atoms with Gasteiger partial charge in [-0.15, -0.1) is 6.42 Å². The largest absolute Gasteiger partial charge is 0.397 e. The summed E-state index contributed by atoms with van der Waals surface area (Å²) in [7, 11) is 0. The Bertz CT molecular complexity index is 749. The number of nitrogens with two attached hydrogens (primary N) is 1. The van der Waals surface area contributed by atoms with Crippen LogP contribution in [-0.2, 0) is 6.54 Å². The lowest BCUT2D eigenvalue weighted by atomic mass is 10.1. The van der Waals surface area contributed by atoms with Crippen LogP contribution in [0.1, 0.15) is 11.1 Å². The van der Waals surface area contributed by atoms with E-state index in [0.717, 1.165) is 24.3 Å². The van der Waals surface area contributed by atoms with Gasteiger partial charge in [-0.05, 0) is 30.3 Å². The molecule has 0 saturated carbocycles. The van der Waals surface area contributed by atoms with E-state index in [0.29, 0.717) is 29.5 Å². The molecular weight excluding hydrogens is 313 g/mol. The fourth-order valence-electron chi connectivity index (χ4n) is 2.81. The maximum Gasteiger partial charge on any atom is 0.129 e. The number of terminal acetylenes is 1. The molecule has 0 bridgehead atoms. The average molecular weight is 330 g/mol. The SMILES string of the molecule is C#Cc1ccc(N2CCN(Cc3c(F)cccc3Cl)C2)c(N)c1. The van der Waals surface area contributed by atoms with Crippen molar-refractivity contribution in [2.24, 2.45) is 0 Å². The molecule has 23 heavy (non-hydrogen) atoms. The van der Waals surface area contributed by atoms with Crippen LogP contribution in [0.25, 0.3) is 0 Å². The van der Waals surface area contributed by atoms with Crippen LogP contribution in [0.5, 0.6) is 0 Å². The van der Waals surface area contributed by atoms with Crippen LogP contribution in [0.15, 0.2) is 36.4 Å². The van der Waals surface area contributed by atoms with E-state index < -0.39 is 0 Å². The molecule has 118 valence electrons. The van der Waals surface area contributed by atoms with Gasteiger partial charge in [-0.25, -0.2) is 4.39 Å². The molecule has 5 heteroatoms. The number of benzene rings is 2. The van der Waals surface area contributed by atoms with Crippen molar-refractivity contribution in [3.8, 4) is 12.3 Å². The summed E-state index contributed by atoms with van der Waals surface area (Å²) < 4.78 is 13.9. The van der Waals surface area contributed by atoms with Crippen molar-refractivity contribution >= 4 is 23.0 Å². The third-order valence-corrected chi connectivity index (χ3v) is 4.39. The smallest absolute Gasteiger partial charge is 0.129 e. The molecule has 1 aliphatic heterocycles. The average Bonchev–Trinajstić information content (AvgIpc) is 2.99. The van der Waals surface area contributed by atoms with Crippen LogP contribution < -0.4 is 10.6 Å². The fraction of sp³-hybridized carbons (Fsp3) is 0.222. The molecule has 1 aliphatic rings. The lowest BCUT2D eigenvalue weighted by Gasteiger charge is -2.22. The molecule has 0 atom stereocenters. The molecule has 1 fully saturated rings. The van der Waals surface area contributed by atoms with E-state index in [2.05, 4.69) is 15.7 Å². The van der Waals surface area contributed by atoms with Crippen molar-refractivity contribution in [2.45, 2.75) is 6.54 Å². The summed E-state index contributed by atoms with van der Waals surface area (Å²) in [4.78, 5) is 4.29. The third-order valence-electron chi connectivity index (χ3n) is 4.04. The molecule has 1 saturated heterocycles. The van der Waals surface area contributed by atoms with Crippen molar-refractivity contribution in [3.05, 3.63) is 58.4 Å². The number of nitrogen functional groups attached to an aromatic ring is 1. The highest BCUT2D eigenvalue weighted by Gasteiger charge is 2.23. The van der Waals surface area contributed by atoms with Crippen molar-refractivity contribution in [3.63, 3.8) is 0 Å². The van der Waals surface area contributed by atoms with Gasteiger partial charge in [-0.2, -0.15) is 0 Å². The van der Waals surface area contributed by atoms with Crippen LogP contribution in [-0.4, -0.2) is 24.7 Å². The summed E-state index contributed by atoms with van der Waals surface area (Å²) >= 11 is 6.10. The predicted molar refractivity (Wildman–Crippen MR) is 92.8 cm³/mol. The zero-order chi connectivity index (χ0) is 16.4. The number of rotatable bonds is 3.